The molecular weight excluding hydrogens is 348 g/mol. The number of rotatable bonds is 7. The maximum Gasteiger partial charge on any atom is 0.226 e. The average Bonchev–Trinajstić information content (AvgIpc) is 3.07. The normalized spacial score (nSPS) is 10.4. The fourth-order valence-electron chi connectivity index (χ4n) is 2.38. The minimum absolute atomic E-state index is 0.0710. The Kier molecular flexibility index (Phi) is 5.80. The first-order valence-corrected chi connectivity index (χ1v) is 9.05. The topological polar surface area (TPSA) is 76.1 Å². The molecule has 0 spiro atoms. The molecule has 6 nitrogen and oxygen atoms in total. The highest BCUT2D eigenvalue weighted by Crippen LogP contribution is 2.20. The van der Waals surface area contributed by atoms with Crippen molar-refractivity contribution in [2.75, 3.05) is 12.4 Å². The highest BCUT2D eigenvalue weighted by Gasteiger charge is 2.08. The Morgan fingerprint density at radius 1 is 1.19 bits per heavy atom. The van der Waals surface area contributed by atoms with E-state index in [1.807, 2.05) is 54.8 Å². The van der Waals surface area contributed by atoms with Gasteiger partial charge in [0.2, 0.25) is 5.91 Å². The lowest BCUT2D eigenvalue weighted by atomic mass is 10.2. The molecule has 3 aromatic rings. The van der Waals surface area contributed by atoms with Crippen molar-refractivity contribution in [3.05, 3.63) is 64.8 Å². The van der Waals surface area contributed by atoms with Crippen molar-refractivity contribution in [1.82, 2.24) is 15.3 Å². The number of thiazole rings is 1. The lowest BCUT2D eigenvalue weighted by Crippen LogP contribution is -2.24. The third-order valence-corrected chi connectivity index (χ3v) is 4.45. The monoisotopic (exact) mass is 368 g/mol. The van der Waals surface area contributed by atoms with Gasteiger partial charge >= 0.3 is 0 Å². The number of anilines is 2. The third-order valence-electron chi connectivity index (χ3n) is 3.64. The molecule has 0 fully saturated rings. The van der Waals surface area contributed by atoms with Crippen molar-refractivity contribution in [2.24, 2.45) is 0 Å². The van der Waals surface area contributed by atoms with Crippen LogP contribution in [0.25, 0.3) is 0 Å². The van der Waals surface area contributed by atoms with E-state index in [9.17, 15) is 4.79 Å². The summed E-state index contributed by atoms with van der Waals surface area (Å²) >= 11 is 1.45. The summed E-state index contributed by atoms with van der Waals surface area (Å²) in [6.07, 6.45) is 0.239. The van der Waals surface area contributed by atoms with E-state index >= 15 is 0 Å². The van der Waals surface area contributed by atoms with Crippen LogP contribution in [0.3, 0.4) is 0 Å². The molecule has 0 aliphatic carbocycles. The highest BCUT2D eigenvalue weighted by atomic mass is 32.1. The lowest BCUT2D eigenvalue weighted by Gasteiger charge is -2.06. The van der Waals surface area contributed by atoms with Crippen LogP contribution >= 0.6 is 11.3 Å². The second kappa shape index (κ2) is 8.44. The molecule has 0 radical (unpaired) electrons. The number of benzene rings is 1. The number of hydrogen-bond donors (Lipinski definition) is 2. The van der Waals surface area contributed by atoms with Crippen LogP contribution in [0, 0.1) is 6.92 Å². The van der Waals surface area contributed by atoms with Crippen molar-refractivity contribution >= 4 is 28.2 Å². The molecule has 7 heteroatoms. The van der Waals surface area contributed by atoms with Gasteiger partial charge in [-0.1, -0.05) is 18.2 Å². The van der Waals surface area contributed by atoms with Crippen molar-refractivity contribution in [3.8, 4) is 5.75 Å². The molecule has 0 bridgehead atoms. The van der Waals surface area contributed by atoms with Crippen LogP contribution in [0.2, 0.25) is 0 Å². The maximum atomic E-state index is 12.1. The van der Waals surface area contributed by atoms with Crippen molar-refractivity contribution < 1.29 is 9.53 Å². The number of ether oxygens (including phenoxy) is 1. The molecule has 0 aliphatic rings. The second-order valence-corrected chi connectivity index (χ2v) is 6.60. The summed E-state index contributed by atoms with van der Waals surface area (Å²) in [6, 6.07) is 13.4. The maximum absolute atomic E-state index is 12.1. The van der Waals surface area contributed by atoms with Gasteiger partial charge in [-0.25, -0.2) is 9.97 Å². The van der Waals surface area contributed by atoms with Crippen LogP contribution in [-0.4, -0.2) is 23.0 Å². The minimum Gasteiger partial charge on any atom is -0.497 e. The Labute approximate surface area is 156 Å². The molecule has 3 rings (SSSR count). The molecule has 0 aliphatic heterocycles. The Hall–Kier alpha value is -2.93. The average molecular weight is 368 g/mol. The van der Waals surface area contributed by atoms with E-state index in [0.29, 0.717) is 6.54 Å². The third kappa shape index (κ3) is 5.03. The van der Waals surface area contributed by atoms with Crippen molar-refractivity contribution in [1.29, 1.82) is 0 Å². The van der Waals surface area contributed by atoms with Gasteiger partial charge in [-0.15, -0.1) is 11.3 Å². The van der Waals surface area contributed by atoms with E-state index in [1.54, 1.807) is 7.11 Å². The first-order valence-electron chi connectivity index (χ1n) is 8.17. The number of hydrogen-bond acceptors (Lipinski definition) is 6. The van der Waals surface area contributed by atoms with Crippen LogP contribution in [0.15, 0.2) is 47.8 Å². The van der Waals surface area contributed by atoms with E-state index in [4.69, 9.17) is 4.74 Å². The molecule has 2 aromatic heterocycles. The second-order valence-electron chi connectivity index (χ2n) is 5.74. The summed E-state index contributed by atoms with van der Waals surface area (Å²) in [5.74, 6) is 1.45. The zero-order valence-corrected chi connectivity index (χ0v) is 15.5. The predicted molar refractivity (Wildman–Crippen MR) is 103 cm³/mol. The highest BCUT2D eigenvalue weighted by molar-refractivity contribution is 7.13. The van der Waals surface area contributed by atoms with E-state index in [0.717, 1.165) is 33.7 Å². The Bertz CT molecular complexity index is 895. The number of carbonyl (C=O) groups is 1. The summed E-state index contributed by atoms with van der Waals surface area (Å²) < 4.78 is 5.18. The van der Waals surface area contributed by atoms with E-state index in [1.165, 1.54) is 11.3 Å². The van der Waals surface area contributed by atoms with E-state index < -0.39 is 0 Å². The summed E-state index contributed by atoms with van der Waals surface area (Å²) in [6.45, 7) is 2.39. The number of carbonyl (C=O) groups excluding carboxylic acids is 1. The lowest BCUT2D eigenvalue weighted by molar-refractivity contribution is -0.120. The number of nitrogens with zero attached hydrogens (tertiary/aromatic N) is 2. The van der Waals surface area contributed by atoms with Gasteiger partial charge in [-0.3, -0.25) is 4.79 Å². The van der Waals surface area contributed by atoms with Gasteiger partial charge in [-0.2, -0.15) is 0 Å². The fraction of sp³-hybridized carbons (Fsp3) is 0.211. The number of amides is 1. The molecule has 1 aromatic carbocycles. The summed E-state index contributed by atoms with van der Waals surface area (Å²) in [4.78, 5) is 21.0. The molecule has 1 amide bonds. The summed E-state index contributed by atoms with van der Waals surface area (Å²) in [7, 11) is 1.62. The SMILES string of the molecule is COc1cccc(CNC(=O)Cc2csc(Nc3cccc(C)n3)n2)c1. The predicted octanol–water partition coefficient (Wildman–Crippen LogP) is 3.46. The Morgan fingerprint density at radius 3 is 2.85 bits per heavy atom. The largest absolute Gasteiger partial charge is 0.497 e. The molecular formula is C19H20N4O2S. The van der Waals surface area contributed by atoms with E-state index in [-0.39, 0.29) is 12.3 Å². The van der Waals surface area contributed by atoms with E-state index in [2.05, 4.69) is 20.6 Å². The minimum atomic E-state index is -0.0710. The molecule has 26 heavy (non-hydrogen) atoms. The van der Waals surface area contributed by atoms with Crippen LogP contribution in [-0.2, 0) is 17.8 Å². The first-order chi connectivity index (χ1) is 12.6. The number of aromatic nitrogens is 2. The number of methoxy groups -OCH3 is 1. The number of pyridine rings is 1. The van der Waals surface area contributed by atoms with Gasteiger partial charge in [0.05, 0.1) is 19.2 Å². The molecule has 2 N–H and O–H groups in total. The Morgan fingerprint density at radius 2 is 2.04 bits per heavy atom. The Balaban J connectivity index is 1.52. The van der Waals surface area contributed by atoms with Crippen molar-refractivity contribution in [3.63, 3.8) is 0 Å². The zero-order valence-electron chi connectivity index (χ0n) is 14.7. The van der Waals surface area contributed by atoms with Crippen LogP contribution in [0.4, 0.5) is 10.9 Å². The van der Waals surface area contributed by atoms with Gasteiger partial charge < -0.3 is 15.4 Å². The number of nitrogens with one attached hydrogen (secondary N) is 2. The number of aryl methyl sites for hydroxylation is 1. The smallest absolute Gasteiger partial charge is 0.226 e. The van der Waals surface area contributed by atoms with Gasteiger partial charge in [0.1, 0.15) is 11.6 Å². The molecule has 0 saturated heterocycles. The van der Waals surface area contributed by atoms with Gasteiger partial charge in [-0.05, 0) is 36.8 Å². The van der Waals surface area contributed by atoms with Gasteiger partial charge in [0.15, 0.2) is 5.13 Å². The quantitative estimate of drug-likeness (QED) is 0.668. The zero-order chi connectivity index (χ0) is 18.4. The van der Waals surface area contributed by atoms with Crippen LogP contribution in [0.1, 0.15) is 17.0 Å². The van der Waals surface area contributed by atoms with Gasteiger partial charge in [0.25, 0.3) is 0 Å². The summed E-state index contributed by atoms with van der Waals surface area (Å²) in [5, 5.41) is 8.66. The summed E-state index contributed by atoms with van der Waals surface area (Å²) in [5.41, 5.74) is 2.65. The fourth-order valence-corrected chi connectivity index (χ4v) is 3.10. The van der Waals surface area contributed by atoms with Crippen molar-refractivity contribution in [2.45, 2.75) is 19.9 Å². The van der Waals surface area contributed by atoms with Gasteiger partial charge in [0, 0.05) is 17.6 Å². The molecule has 2 heterocycles. The van der Waals surface area contributed by atoms with Crippen LogP contribution < -0.4 is 15.4 Å². The molecule has 0 atom stereocenters. The molecule has 0 unspecified atom stereocenters. The van der Waals surface area contributed by atoms with Crippen LogP contribution in [0.5, 0.6) is 5.75 Å². The standard InChI is InChI=1S/C19H20N4O2S/c1-13-5-3-8-17(21-13)23-19-22-15(12-26-19)10-18(24)20-11-14-6-4-7-16(9-14)25-2/h3-9,12H,10-11H2,1-2H3,(H,20,24)(H,21,22,23). The first kappa shape index (κ1) is 17.9. The molecule has 0 saturated carbocycles. The molecule has 134 valence electrons.